The van der Waals surface area contributed by atoms with Crippen LogP contribution in [0.2, 0.25) is 0 Å². The molecule has 1 aliphatic heterocycles. The Morgan fingerprint density at radius 1 is 0.815 bits per heavy atom. The molecule has 0 fully saturated rings. The van der Waals surface area contributed by atoms with Crippen molar-refractivity contribution >= 4 is 16.1 Å². The molecule has 0 saturated heterocycles. The van der Waals surface area contributed by atoms with Crippen LogP contribution in [-0.4, -0.2) is 27.8 Å². The molecular weight excluding hydrogens is 364 g/mol. The molecule has 0 saturated carbocycles. The summed E-state index contributed by atoms with van der Waals surface area (Å²) in [5.41, 5.74) is 3.86. The summed E-state index contributed by atoms with van der Waals surface area (Å²) >= 11 is 0. The molecule has 0 amide bonds. The van der Waals surface area contributed by atoms with E-state index < -0.39 is 9.84 Å². The van der Waals surface area contributed by atoms with Crippen molar-refractivity contribution in [1.29, 1.82) is 0 Å². The van der Waals surface area contributed by atoms with Crippen LogP contribution in [0.1, 0.15) is 10.4 Å². The predicted octanol–water partition coefficient (Wildman–Crippen LogP) is 3.97. The van der Waals surface area contributed by atoms with Crippen molar-refractivity contribution in [2.24, 2.45) is 0 Å². The average molecular weight is 380 g/mol. The monoisotopic (exact) mass is 380 g/mol. The van der Waals surface area contributed by atoms with Gasteiger partial charge >= 0.3 is 0 Å². The van der Waals surface area contributed by atoms with Crippen molar-refractivity contribution in [3.8, 4) is 33.8 Å². The summed E-state index contributed by atoms with van der Waals surface area (Å²) in [7, 11) is -3.24. The van der Waals surface area contributed by atoms with Gasteiger partial charge < -0.3 is 9.47 Å². The molecule has 6 heteroatoms. The zero-order valence-corrected chi connectivity index (χ0v) is 15.3. The lowest BCUT2D eigenvalue weighted by Crippen LogP contribution is -1.96. The number of rotatable bonds is 4. The minimum absolute atomic E-state index is 0.196. The highest BCUT2D eigenvalue weighted by molar-refractivity contribution is 7.90. The molecule has 136 valence electrons. The predicted molar refractivity (Wildman–Crippen MR) is 102 cm³/mol. The maximum atomic E-state index is 11.7. The third-order valence-electron chi connectivity index (χ3n) is 4.48. The van der Waals surface area contributed by atoms with Gasteiger partial charge in [0.1, 0.15) is 0 Å². The number of carbonyl (C=O) groups is 1. The number of hydrogen-bond acceptors (Lipinski definition) is 5. The van der Waals surface area contributed by atoms with E-state index in [9.17, 15) is 13.2 Å². The Bertz CT molecular complexity index is 1130. The summed E-state index contributed by atoms with van der Waals surface area (Å²) in [6, 6.07) is 17.7. The van der Waals surface area contributed by atoms with Crippen LogP contribution < -0.4 is 9.47 Å². The number of ether oxygens (including phenoxy) is 2. The molecule has 1 aliphatic rings. The lowest BCUT2D eigenvalue weighted by Gasteiger charge is -2.10. The Balaban J connectivity index is 1.72. The molecule has 3 aromatic rings. The number of hydrogen-bond donors (Lipinski definition) is 0. The molecule has 0 spiro atoms. The van der Waals surface area contributed by atoms with Gasteiger partial charge in [-0.3, -0.25) is 4.79 Å². The van der Waals surface area contributed by atoms with Gasteiger partial charge in [-0.1, -0.05) is 30.3 Å². The topological polar surface area (TPSA) is 69.7 Å². The van der Waals surface area contributed by atoms with Gasteiger partial charge in [-0.05, 0) is 52.6 Å². The molecule has 0 bridgehead atoms. The Morgan fingerprint density at radius 2 is 1.48 bits per heavy atom. The third-order valence-corrected chi connectivity index (χ3v) is 5.61. The molecule has 27 heavy (non-hydrogen) atoms. The minimum atomic E-state index is -3.24. The molecule has 0 aliphatic carbocycles. The molecular formula is C21H16O5S. The molecule has 0 aromatic heterocycles. The van der Waals surface area contributed by atoms with Gasteiger partial charge in [0.2, 0.25) is 6.79 Å². The van der Waals surface area contributed by atoms with E-state index in [2.05, 4.69) is 0 Å². The van der Waals surface area contributed by atoms with Crippen molar-refractivity contribution in [3.63, 3.8) is 0 Å². The van der Waals surface area contributed by atoms with Crippen molar-refractivity contribution in [1.82, 2.24) is 0 Å². The second-order valence-corrected chi connectivity index (χ2v) is 8.30. The van der Waals surface area contributed by atoms with Gasteiger partial charge in [-0.25, -0.2) is 8.42 Å². The Labute approximate surface area is 157 Å². The van der Waals surface area contributed by atoms with E-state index >= 15 is 0 Å². The maximum Gasteiger partial charge on any atom is 0.231 e. The molecule has 0 unspecified atom stereocenters. The molecule has 3 aromatic carbocycles. The van der Waals surface area contributed by atoms with Crippen molar-refractivity contribution in [2.75, 3.05) is 13.0 Å². The number of aldehydes is 1. The minimum Gasteiger partial charge on any atom is -0.454 e. The second-order valence-electron chi connectivity index (χ2n) is 6.28. The van der Waals surface area contributed by atoms with Gasteiger partial charge in [0.05, 0.1) is 4.90 Å². The van der Waals surface area contributed by atoms with Crippen LogP contribution in [0.3, 0.4) is 0 Å². The lowest BCUT2D eigenvalue weighted by atomic mass is 9.95. The van der Waals surface area contributed by atoms with Crippen LogP contribution in [0, 0.1) is 0 Å². The molecule has 5 nitrogen and oxygen atoms in total. The fourth-order valence-electron chi connectivity index (χ4n) is 3.06. The fraction of sp³-hybridized carbons (Fsp3) is 0.0952. The Morgan fingerprint density at radius 3 is 2.19 bits per heavy atom. The Kier molecular flexibility index (Phi) is 4.20. The van der Waals surface area contributed by atoms with Crippen molar-refractivity contribution < 1.29 is 22.7 Å². The van der Waals surface area contributed by atoms with Crippen LogP contribution in [0.4, 0.5) is 0 Å². The number of benzene rings is 3. The first-order valence-corrected chi connectivity index (χ1v) is 10.1. The highest BCUT2D eigenvalue weighted by atomic mass is 32.2. The summed E-state index contributed by atoms with van der Waals surface area (Å²) in [6.45, 7) is 0.196. The summed E-state index contributed by atoms with van der Waals surface area (Å²) in [5, 5.41) is 0. The SMILES string of the molecule is CS(=O)(=O)c1ccc(-c2ccc(-c3ccc4c(c3)OCO4)c(C=O)c2)cc1. The normalized spacial score (nSPS) is 12.8. The zero-order valence-electron chi connectivity index (χ0n) is 14.5. The first kappa shape index (κ1) is 17.3. The van der Waals surface area contributed by atoms with E-state index in [1.807, 2.05) is 30.3 Å². The van der Waals surface area contributed by atoms with E-state index in [-0.39, 0.29) is 11.7 Å². The van der Waals surface area contributed by atoms with E-state index in [1.165, 1.54) is 6.26 Å². The average Bonchev–Trinajstić information content (AvgIpc) is 3.14. The van der Waals surface area contributed by atoms with Crippen molar-refractivity contribution in [3.05, 3.63) is 66.2 Å². The van der Waals surface area contributed by atoms with Crippen LogP contribution in [0.15, 0.2) is 65.6 Å². The van der Waals surface area contributed by atoms with Crippen LogP contribution in [-0.2, 0) is 9.84 Å². The second kappa shape index (κ2) is 6.55. The molecule has 0 N–H and O–H groups in total. The number of carbonyl (C=O) groups excluding carboxylic acids is 1. The van der Waals surface area contributed by atoms with Crippen LogP contribution in [0.25, 0.3) is 22.3 Å². The molecule has 0 atom stereocenters. The summed E-state index contributed by atoms with van der Waals surface area (Å²) in [6.07, 6.45) is 1.99. The fourth-order valence-corrected chi connectivity index (χ4v) is 3.69. The Hall–Kier alpha value is -3.12. The summed E-state index contributed by atoms with van der Waals surface area (Å²) in [5.74, 6) is 1.35. The first-order valence-electron chi connectivity index (χ1n) is 8.25. The van der Waals surface area contributed by atoms with Crippen LogP contribution in [0.5, 0.6) is 11.5 Å². The van der Waals surface area contributed by atoms with Gasteiger partial charge in [0.15, 0.2) is 27.6 Å². The van der Waals surface area contributed by atoms with E-state index in [0.717, 1.165) is 28.5 Å². The number of fused-ring (bicyclic) bond motifs is 1. The van der Waals surface area contributed by atoms with Gasteiger partial charge in [-0.15, -0.1) is 0 Å². The highest BCUT2D eigenvalue weighted by Gasteiger charge is 2.15. The maximum absolute atomic E-state index is 11.7. The summed E-state index contributed by atoms with van der Waals surface area (Å²) < 4.78 is 33.9. The van der Waals surface area contributed by atoms with E-state index in [0.29, 0.717) is 17.1 Å². The molecule has 4 rings (SSSR count). The van der Waals surface area contributed by atoms with E-state index in [1.54, 1.807) is 30.3 Å². The third kappa shape index (κ3) is 3.31. The van der Waals surface area contributed by atoms with Gasteiger partial charge in [0.25, 0.3) is 0 Å². The van der Waals surface area contributed by atoms with Crippen LogP contribution >= 0.6 is 0 Å². The van der Waals surface area contributed by atoms with E-state index in [4.69, 9.17) is 9.47 Å². The first-order chi connectivity index (χ1) is 13.0. The standard InChI is InChI=1S/C21H16O5S/c1-27(23,24)18-6-2-14(3-7-18)15-4-8-19(17(10-15)12-22)16-5-9-20-21(11-16)26-13-25-20/h2-12H,13H2,1H3. The molecule has 0 radical (unpaired) electrons. The zero-order chi connectivity index (χ0) is 19.0. The van der Waals surface area contributed by atoms with Gasteiger partial charge in [-0.2, -0.15) is 0 Å². The quantitative estimate of drug-likeness (QED) is 0.641. The van der Waals surface area contributed by atoms with Gasteiger partial charge in [0, 0.05) is 11.8 Å². The summed E-state index contributed by atoms with van der Waals surface area (Å²) in [4.78, 5) is 11.9. The largest absolute Gasteiger partial charge is 0.454 e. The molecule has 1 heterocycles. The van der Waals surface area contributed by atoms with Crippen molar-refractivity contribution in [2.45, 2.75) is 4.90 Å². The lowest BCUT2D eigenvalue weighted by molar-refractivity contribution is 0.112. The highest BCUT2D eigenvalue weighted by Crippen LogP contribution is 2.37. The smallest absolute Gasteiger partial charge is 0.231 e. The number of sulfone groups is 1.